The van der Waals surface area contributed by atoms with Gasteiger partial charge in [0, 0.05) is 24.2 Å². The molecule has 1 saturated carbocycles. The second-order valence-electron chi connectivity index (χ2n) is 5.56. The lowest BCUT2D eigenvalue weighted by molar-refractivity contribution is 0.0697. The average molecular weight is 285 g/mol. The van der Waals surface area contributed by atoms with Crippen molar-refractivity contribution >= 4 is 5.97 Å². The van der Waals surface area contributed by atoms with Crippen LogP contribution in [0.4, 0.5) is 0 Å². The number of carboxylic acid groups (broad SMARTS) is 1. The highest BCUT2D eigenvalue weighted by atomic mass is 16.4. The van der Waals surface area contributed by atoms with Crippen molar-refractivity contribution in [3.05, 3.63) is 36.3 Å². The second-order valence-corrected chi connectivity index (χ2v) is 5.56. The van der Waals surface area contributed by atoms with Crippen molar-refractivity contribution in [2.24, 2.45) is 0 Å². The molecule has 0 radical (unpaired) electrons. The molecular formula is C16H19N3O2. The van der Waals surface area contributed by atoms with E-state index in [0.29, 0.717) is 11.7 Å². The zero-order valence-corrected chi connectivity index (χ0v) is 11.9. The van der Waals surface area contributed by atoms with E-state index in [-0.39, 0.29) is 5.56 Å². The molecule has 2 aromatic heterocycles. The van der Waals surface area contributed by atoms with Crippen molar-refractivity contribution in [1.29, 1.82) is 0 Å². The highest BCUT2D eigenvalue weighted by Crippen LogP contribution is 2.29. The lowest BCUT2D eigenvalue weighted by Gasteiger charge is -2.14. The first-order chi connectivity index (χ1) is 10.3. The van der Waals surface area contributed by atoms with Gasteiger partial charge < -0.3 is 5.11 Å². The number of pyridine rings is 1. The van der Waals surface area contributed by atoms with Crippen LogP contribution < -0.4 is 0 Å². The molecular weight excluding hydrogens is 266 g/mol. The third-order valence-corrected chi connectivity index (χ3v) is 4.11. The summed E-state index contributed by atoms with van der Waals surface area (Å²) in [6.45, 7) is 0. The lowest BCUT2D eigenvalue weighted by atomic mass is 10.1. The molecule has 3 rings (SSSR count). The highest BCUT2D eigenvalue weighted by Gasteiger charge is 2.21. The van der Waals surface area contributed by atoms with Crippen LogP contribution in [0.1, 0.15) is 54.9 Å². The Kier molecular flexibility index (Phi) is 3.99. The van der Waals surface area contributed by atoms with Gasteiger partial charge >= 0.3 is 5.97 Å². The third-order valence-electron chi connectivity index (χ3n) is 4.11. The van der Waals surface area contributed by atoms with Gasteiger partial charge in [-0.3, -0.25) is 9.67 Å². The first kappa shape index (κ1) is 13.8. The van der Waals surface area contributed by atoms with Gasteiger partial charge in [0.05, 0.1) is 6.04 Å². The Balaban J connectivity index is 1.98. The highest BCUT2D eigenvalue weighted by molar-refractivity contribution is 5.94. The van der Waals surface area contributed by atoms with Crippen LogP contribution in [0.25, 0.3) is 11.3 Å². The van der Waals surface area contributed by atoms with Crippen LogP contribution in [0.3, 0.4) is 0 Å². The van der Waals surface area contributed by atoms with E-state index >= 15 is 0 Å². The smallest absolute Gasteiger partial charge is 0.339 e. The second kappa shape index (κ2) is 6.08. The minimum atomic E-state index is -0.929. The minimum absolute atomic E-state index is 0.269. The summed E-state index contributed by atoms with van der Waals surface area (Å²) in [5.41, 5.74) is 1.61. The average Bonchev–Trinajstić information content (AvgIpc) is 2.77. The van der Waals surface area contributed by atoms with Gasteiger partial charge in [-0.25, -0.2) is 4.79 Å². The number of carbonyl (C=O) groups is 1. The van der Waals surface area contributed by atoms with Crippen LogP contribution >= 0.6 is 0 Å². The van der Waals surface area contributed by atoms with Crippen molar-refractivity contribution < 1.29 is 9.90 Å². The molecule has 0 aromatic carbocycles. The molecule has 2 heterocycles. The fourth-order valence-electron chi connectivity index (χ4n) is 2.98. The number of carboxylic acids is 1. The van der Waals surface area contributed by atoms with Gasteiger partial charge in [0.25, 0.3) is 0 Å². The molecule has 21 heavy (non-hydrogen) atoms. The molecule has 1 aliphatic rings. The summed E-state index contributed by atoms with van der Waals surface area (Å²) in [6, 6.07) is 3.92. The zero-order valence-electron chi connectivity index (χ0n) is 11.9. The van der Waals surface area contributed by atoms with E-state index in [0.717, 1.165) is 18.4 Å². The minimum Gasteiger partial charge on any atom is -0.478 e. The summed E-state index contributed by atoms with van der Waals surface area (Å²) >= 11 is 0. The molecule has 0 unspecified atom stereocenters. The number of rotatable bonds is 3. The fourth-order valence-corrected chi connectivity index (χ4v) is 2.98. The Morgan fingerprint density at radius 2 is 1.81 bits per heavy atom. The van der Waals surface area contributed by atoms with Crippen LogP contribution in [0, 0.1) is 0 Å². The molecule has 5 nitrogen and oxygen atoms in total. The van der Waals surface area contributed by atoms with Crippen LogP contribution in [-0.2, 0) is 0 Å². The Labute approximate surface area is 123 Å². The van der Waals surface area contributed by atoms with Crippen LogP contribution in [-0.4, -0.2) is 25.8 Å². The Hall–Kier alpha value is -2.17. The summed E-state index contributed by atoms with van der Waals surface area (Å²) in [7, 11) is 0. The molecule has 110 valence electrons. The summed E-state index contributed by atoms with van der Waals surface area (Å²) in [5, 5.41) is 14.0. The van der Waals surface area contributed by atoms with Gasteiger partial charge in [0.15, 0.2) is 0 Å². The maximum atomic E-state index is 11.5. The Morgan fingerprint density at radius 1 is 1.14 bits per heavy atom. The first-order valence-corrected chi connectivity index (χ1v) is 7.48. The SMILES string of the molecule is O=C(O)c1cn(C2CCCCCC2)nc1-c1ccncc1. The van der Waals surface area contributed by atoms with E-state index in [1.807, 2.05) is 4.68 Å². The van der Waals surface area contributed by atoms with Crippen molar-refractivity contribution in [2.75, 3.05) is 0 Å². The maximum absolute atomic E-state index is 11.5. The molecule has 0 spiro atoms. The van der Waals surface area contributed by atoms with Gasteiger partial charge in [-0.2, -0.15) is 5.10 Å². The monoisotopic (exact) mass is 285 g/mol. The summed E-state index contributed by atoms with van der Waals surface area (Å²) < 4.78 is 1.87. The molecule has 1 aliphatic carbocycles. The molecule has 0 aliphatic heterocycles. The van der Waals surface area contributed by atoms with E-state index < -0.39 is 5.97 Å². The van der Waals surface area contributed by atoms with Gasteiger partial charge in [0.1, 0.15) is 11.3 Å². The topological polar surface area (TPSA) is 68.0 Å². The lowest BCUT2D eigenvalue weighted by Crippen LogP contribution is -2.08. The molecule has 0 atom stereocenters. The first-order valence-electron chi connectivity index (χ1n) is 7.48. The molecule has 1 N–H and O–H groups in total. The number of hydrogen-bond acceptors (Lipinski definition) is 3. The normalized spacial score (nSPS) is 16.6. The van der Waals surface area contributed by atoms with E-state index in [2.05, 4.69) is 10.1 Å². The maximum Gasteiger partial charge on any atom is 0.339 e. The predicted molar refractivity (Wildman–Crippen MR) is 79.2 cm³/mol. The van der Waals surface area contributed by atoms with Gasteiger partial charge in [-0.1, -0.05) is 25.7 Å². The van der Waals surface area contributed by atoms with Crippen molar-refractivity contribution in [2.45, 2.75) is 44.6 Å². The number of nitrogens with zero attached hydrogens (tertiary/aromatic N) is 3. The fraction of sp³-hybridized carbons (Fsp3) is 0.438. The van der Waals surface area contributed by atoms with Crippen molar-refractivity contribution in [3.8, 4) is 11.3 Å². The Bertz CT molecular complexity index is 614. The number of hydrogen-bond donors (Lipinski definition) is 1. The van der Waals surface area contributed by atoms with E-state index in [1.165, 1.54) is 25.7 Å². The molecule has 5 heteroatoms. The molecule has 1 fully saturated rings. The summed E-state index contributed by atoms with van der Waals surface area (Å²) in [6.07, 6.45) is 12.1. The van der Waals surface area contributed by atoms with E-state index in [1.54, 1.807) is 30.7 Å². The predicted octanol–water partition coefficient (Wildman–Crippen LogP) is 3.54. The largest absolute Gasteiger partial charge is 0.478 e. The third kappa shape index (κ3) is 2.96. The molecule has 2 aromatic rings. The molecule has 0 saturated heterocycles. The standard InChI is InChI=1S/C16H19N3O2/c20-16(21)14-11-19(13-5-3-1-2-4-6-13)18-15(14)12-7-9-17-10-8-12/h7-11,13H,1-6H2,(H,20,21). The quantitative estimate of drug-likeness (QED) is 0.876. The van der Waals surface area contributed by atoms with Crippen molar-refractivity contribution in [1.82, 2.24) is 14.8 Å². The van der Waals surface area contributed by atoms with Crippen LogP contribution in [0.15, 0.2) is 30.7 Å². The van der Waals surface area contributed by atoms with Crippen LogP contribution in [0.2, 0.25) is 0 Å². The van der Waals surface area contributed by atoms with Crippen molar-refractivity contribution in [3.63, 3.8) is 0 Å². The van der Waals surface area contributed by atoms with Crippen LogP contribution in [0.5, 0.6) is 0 Å². The summed E-state index contributed by atoms with van der Waals surface area (Å²) in [5.74, 6) is -0.929. The van der Waals surface area contributed by atoms with Gasteiger partial charge in [-0.15, -0.1) is 0 Å². The number of aromatic nitrogens is 3. The Morgan fingerprint density at radius 3 is 2.43 bits per heavy atom. The van der Waals surface area contributed by atoms with Gasteiger partial charge in [-0.05, 0) is 25.0 Å². The summed E-state index contributed by atoms with van der Waals surface area (Å²) in [4.78, 5) is 15.5. The van der Waals surface area contributed by atoms with E-state index in [9.17, 15) is 9.90 Å². The molecule has 0 amide bonds. The number of aromatic carboxylic acids is 1. The van der Waals surface area contributed by atoms with Gasteiger partial charge in [0.2, 0.25) is 0 Å². The zero-order chi connectivity index (χ0) is 14.7. The molecule has 0 bridgehead atoms. The van der Waals surface area contributed by atoms with E-state index in [4.69, 9.17) is 0 Å².